The van der Waals surface area contributed by atoms with E-state index in [-0.39, 0.29) is 11.4 Å². The minimum absolute atomic E-state index is 0.190. The fraction of sp³-hybridized carbons (Fsp3) is 0. The molecule has 4 nitrogen and oxygen atoms in total. The average Bonchev–Trinajstić information content (AvgIpc) is 3.06. The Labute approximate surface area is 244 Å². The number of benzene rings is 5. The number of allylic oxidation sites excluding steroid dienone is 1. The summed E-state index contributed by atoms with van der Waals surface area (Å²) in [5.41, 5.74) is 6.48. The summed E-state index contributed by atoms with van der Waals surface area (Å²) in [6, 6.07) is 43.4. The van der Waals surface area contributed by atoms with Crippen molar-refractivity contribution in [2.24, 2.45) is 0 Å². The summed E-state index contributed by atoms with van der Waals surface area (Å²) in [7, 11) is -3.06. The van der Waals surface area contributed by atoms with Gasteiger partial charge in [0.15, 0.2) is 7.14 Å². The van der Waals surface area contributed by atoms with Gasteiger partial charge in [-0.2, -0.15) is 0 Å². The lowest BCUT2D eigenvalue weighted by molar-refractivity contribution is 0.592. The molecule has 0 bridgehead atoms. The SMILES string of the molecule is N=C1C=Cc2c(-c3ccccc3)nc3cc(-c4ccc(P(=O)(c5ccccc5)c5ccccc5)cc4)ccc3c2C1=N. The van der Waals surface area contributed by atoms with Gasteiger partial charge in [-0.3, -0.25) is 10.8 Å². The zero-order chi connectivity index (χ0) is 28.7. The summed E-state index contributed by atoms with van der Waals surface area (Å²) in [4.78, 5) is 5.08. The van der Waals surface area contributed by atoms with Gasteiger partial charge in [0.05, 0.1) is 22.6 Å². The molecule has 0 amide bonds. The molecule has 0 saturated carbocycles. The van der Waals surface area contributed by atoms with E-state index in [0.29, 0.717) is 0 Å². The lowest BCUT2D eigenvalue weighted by atomic mass is 9.87. The van der Waals surface area contributed by atoms with Crippen molar-refractivity contribution < 1.29 is 4.57 Å². The molecule has 2 N–H and O–H groups in total. The van der Waals surface area contributed by atoms with Crippen molar-refractivity contribution in [1.29, 1.82) is 10.8 Å². The standard InChI is InChI=1S/C37H26N3OP/c38-33-23-22-32-35(36(33)39)31-21-18-27(24-34(31)40-37(32)26-10-4-1-5-11-26)25-16-19-30(20-17-25)42(41,28-12-6-2-7-13-28)29-14-8-3-9-15-29/h1-24,38-39H. The number of fused-ring (bicyclic) bond motifs is 3. The average molecular weight is 560 g/mol. The molecule has 0 radical (unpaired) electrons. The van der Waals surface area contributed by atoms with Gasteiger partial charge in [0, 0.05) is 38.0 Å². The first-order valence-corrected chi connectivity index (χ1v) is 15.5. The van der Waals surface area contributed by atoms with Crippen molar-refractivity contribution in [2.45, 2.75) is 0 Å². The Bertz CT molecular complexity index is 2020. The summed E-state index contributed by atoms with van der Waals surface area (Å²) in [6.07, 6.45) is 3.57. The second-order valence-electron chi connectivity index (χ2n) is 10.3. The minimum atomic E-state index is -3.06. The summed E-state index contributed by atoms with van der Waals surface area (Å²) < 4.78 is 14.8. The number of nitrogens with zero attached hydrogens (tertiary/aromatic N) is 1. The van der Waals surface area contributed by atoms with Crippen LogP contribution in [0.5, 0.6) is 0 Å². The molecule has 42 heavy (non-hydrogen) atoms. The number of hydrogen-bond donors (Lipinski definition) is 2. The second kappa shape index (κ2) is 10.3. The van der Waals surface area contributed by atoms with Crippen LogP contribution in [0.1, 0.15) is 11.1 Å². The molecule has 0 aliphatic heterocycles. The van der Waals surface area contributed by atoms with Crippen LogP contribution in [0.25, 0.3) is 39.4 Å². The van der Waals surface area contributed by atoms with Gasteiger partial charge in [-0.1, -0.05) is 127 Å². The number of nitrogens with one attached hydrogen (secondary N) is 2. The normalized spacial score (nSPS) is 12.9. The molecule has 0 atom stereocenters. The van der Waals surface area contributed by atoms with Gasteiger partial charge < -0.3 is 4.57 Å². The molecular weight excluding hydrogens is 533 g/mol. The van der Waals surface area contributed by atoms with Crippen molar-refractivity contribution in [3.63, 3.8) is 0 Å². The maximum Gasteiger partial charge on any atom is 0.171 e. The Balaban J connectivity index is 1.35. The van der Waals surface area contributed by atoms with E-state index in [4.69, 9.17) is 15.8 Å². The van der Waals surface area contributed by atoms with Crippen LogP contribution >= 0.6 is 7.14 Å². The fourth-order valence-electron chi connectivity index (χ4n) is 5.68. The topological polar surface area (TPSA) is 77.7 Å². The second-order valence-corrected chi connectivity index (χ2v) is 13.1. The molecule has 6 aromatic rings. The highest BCUT2D eigenvalue weighted by Crippen LogP contribution is 2.43. The maximum atomic E-state index is 14.8. The predicted molar refractivity (Wildman–Crippen MR) is 176 cm³/mol. The lowest BCUT2D eigenvalue weighted by Crippen LogP contribution is -2.24. The van der Waals surface area contributed by atoms with Crippen molar-refractivity contribution in [2.75, 3.05) is 0 Å². The molecular formula is C37H26N3OP. The third-order valence-corrected chi connectivity index (χ3v) is 10.9. The summed E-state index contributed by atoms with van der Waals surface area (Å²) >= 11 is 0. The highest BCUT2D eigenvalue weighted by atomic mass is 31.2. The van der Waals surface area contributed by atoms with Gasteiger partial charge >= 0.3 is 0 Å². The van der Waals surface area contributed by atoms with Gasteiger partial charge in [-0.15, -0.1) is 0 Å². The van der Waals surface area contributed by atoms with Crippen LogP contribution in [-0.2, 0) is 4.57 Å². The van der Waals surface area contributed by atoms with Gasteiger partial charge in [-0.05, 0) is 29.3 Å². The lowest BCUT2D eigenvalue weighted by Gasteiger charge is -2.20. The Hall–Kier alpha value is -5.18. The number of rotatable bonds is 5. The molecule has 0 spiro atoms. The molecule has 0 fully saturated rings. The molecule has 1 heterocycles. The monoisotopic (exact) mass is 559 g/mol. The molecule has 5 heteroatoms. The van der Waals surface area contributed by atoms with E-state index in [1.54, 1.807) is 6.08 Å². The van der Waals surface area contributed by atoms with Gasteiger partial charge in [0.2, 0.25) is 0 Å². The predicted octanol–water partition coefficient (Wildman–Crippen LogP) is 7.62. The molecule has 0 saturated heterocycles. The van der Waals surface area contributed by atoms with Crippen LogP contribution in [0.3, 0.4) is 0 Å². The van der Waals surface area contributed by atoms with Gasteiger partial charge in [0.25, 0.3) is 0 Å². The quantitative estimate of drug-likeness (QED) is 0.213. The number of aromatic nitrogens is 1. The first kappa shape index (κ1) is 25.8. The molecule has 7 rings (SSSR count). The summed E-state index contributed by atoms with van der Waals surface area (Å²) in [5, 5.41) is 20.3. The van der Waals surface area contributed by atoms with Crippen LogP contribution in [0.4, 0.5) is 0 Å². The first-order valence-electron chi connectivity index (χ1n) is 13.8. The van der Waals surface area contributed by atoms with Crippen molar-refractivity contribution in [3.05, 3.63) is 151 Å². The van der Waals surface area contributed by atoms with Gasteiger partial charge in [-0.25, -0.2) is 4.98 Å². The van der Waals surface area contributed by atoms with E-state index in [2.05, 4.69) is 0 Å². The van der Waals surface area contributed by atoms with Gasteiger partial charge in [0.1, 0.15) is 0 Å². The molecule has 1 aromatic heterocycles. The largest absolute Gasteiger partial charge is 0.309 e. The molecule has 200 valence electrons. The Morgan fingerprint density at radius 3 is 1.71 bits per heavy atom. The number of pyridine rings is 1. The Kier molecular flexibility index (Phi) is 6.34. The Morgan fingerprint density at radius 2 is 1.10 bits per heavy atom. The molecule has 5 aromatic carbocycles. The zero-order valence-corrected chi connectivity index (χ0v) is 23.6. The third kappa shape index (κ3) is 4.25. The summed E-state index contributed by atoms with van der Waals surface area (Å²) in [6.45, 7) is 0. The molecule has 1 aliphatic rings. The van der Waals surface area contributed by atoms with Crippen molar-refractivity contribution in [1.82, 2.24) is 4.98 Å². The highest BCUT2D eigenvalue weighted by Gasteiger charge is 2.29. The third-order valence-electron chi connectivity index (χ3n) is 7.81. The van der Waals surface area contributed by atoms with E-state index < -0.39 is 7.14 Å². The van der Waals surface area contributed by atoms with Crippen molar-refractivity contribution >= 4 is 51.5 Å². The molecule has 0 unspecified atom stereocenters. The maximum absolute atomic E-state index is 14.8. The molecule has 1 aliphatic carbocycles. The fourth-order valence-corrected chi connectivity index (χ4v) is 8.33. The minimum Gasteiger partial charge on any atom is -0.309 e. The zero-order valence-electron chi connectivity index (χ0n) is 22.7. The van der Waals surface area contributed by atoms with Crippen LogP contribution < -0.4 is 15.9 Å². The van der Waals surface area contributed by atoms with E-state index in [0.717, 1.165) is 60.3 Å². The van der Waals surface area contributed by atoms with E-state index >= 15 is 0 Å². The van der Waals surface area contributed by atoms with E-state index in [1.165, 1.54) is 0 Å². The first-order chi connectivity index (χ1) is 20.5. The van der Waals surface area contributed by atoms with Crippen LogP contribution in [-0.4, -0.2) is 16.4 Å². The van der Waals surface area contributed by atoms with E-state index in [1.807, 2.05) is 140 Å². The van der Waals surface area contributed by atoms with Crippen molar-refractivity contribution in [3.8, 4) is 22.4 Å². The van der Waals surface area contributed by atoms with Crippen LogP contribution in [0.2, 0.25) is 0 Å². The highest BCUT2D eigenvalue weighted by molar-refractivity contribution is 7.85. The van der Waals surface area contributed by atoms with Crippen LogP contribution in [0, 0.1) is 10.8 Å². The smallest absolute Gasteiger partial charge is 0.171 e. The van der Waals surface area contributed by atoms with E-state index in [9.17, 15) is 4.57 Å². The number of hydrogen-bond acceptors (Lipinski definition) is 4. The summed E-state index contributed by atoms with van der Waals surface area (Å²) in [5.74, 6) is 0. The van der Waals surface area contributed by atoms with Crippen LogP contribution in [0.15, 0.2) is 140 Å². The Morgan fingerprint density at radius 1 is 0.548 bits per heavy atom.